The molecule has 8 heteroatoms. The van der Waals surface area contributed by atoms with Gasteiger partial charge in [0.2, 0.25) is 0 Å². The Labute approximate surface area is 289 Å². The topological polar surface area (TPSA) is 88.5 Å². The minimum absolute atomic E-state index is 0.00761. The monoisotopic (exact) mass is 668 g/mol. The molecule has 270 valence electrons. The van der Waals surface area contributed by atoms with Crippen molar-refractivity contribution in [1.29, 1.82) is 0 Å². The maximum absolute atomic E-state index is 13.3. The average Bonchev–Trinajstić information content (AvgIpc) is 3.65. The summed E-state index contributed by atoms with van der Waals surface area (Å²) < 4.78 is 19.6. The molecule has 48 heavy (non-hydrogen) atoms. The molecule has 2 amide bonds. The van der Waals surface area contributed by atoms with Gasteiger partial charge in [0.25, 0.3) is 0 Å². The van der Waals surface area contributed by atoms with Crippen LogP contribution in [-0.4, -0.2) is 83.8 Å². The molecule has 0 radical (unpaired) electrons. The summed E-state index contributed by atoms with van der Waals surface area (Å²) in [4.78, 5) is 29.9. The van der Waals surface area contributed by atoms with E-state index in [1.54, 1.807) is 4.90 Å². The Kier molecular flexibility index (Phi) is 7.86. The molecule has 8 aliphatic rings. The van der Waals surface area contributed by atoms with Gasteiger partial charge in [-0.3, -0.25) is 0 Å². The molecular formula is C40H64N2O6. The zero-order valence-corrected chi connectivity index (χ0v) is 31.0. The van der Waals surface area contributed by atoms with Crippen molar-refractivity contribution in [3.63, 3.8) is 0 Å². The fourth-order valence-electron chi connectivity index (χ4n) is 14.3. The smallest absolute Gasteiger partial charge is 0.410 e. The highest BCUT2D eigenvalue weighted by atomic mass is 16.6. The van der Waals surface area contributed by atoms with Crippen LogP contribution in [0.5, 0.6) is 0 Å². The predicted molar refractivity (Wildman–Crippen MR) is 183 cm³/mol. The van der Waals surface area contributed by atoms with Crippen molar-refractivity contribution < 1.29 is 28.9 Å². The predicted octanol–water partition coefficient (Wildman–Crippen LogP) is 7.66. The fourth-order valence-corrected chi connectivity index (χ4v) is 14.3. The van der Waals surface area contributed by atoms with Crippen LogP contribution in [0.2, 0.25) is 0 Å². The van der Waals surface area contributed by atoms with Gasteiger partial charge in [-0.05, 0) is 123 Å². The minimum Gasteiger partial charge on any atom is -0.446 e. The van der Waals surface area contributed by atoms with Gasteiger partial charge < -0.3 is 29.1 Å². The van der Waals surface area contributed by atoms with Gasteiger partial charge in [-0.25, -0.2) is 9.59 Å². The third kappa shape index (κ3) is 4.38. The number of ether oxygens (including phenoxy) is 3. The van der Waals surface area contributed by atoms with Crippen LogP contribution in [0.25, 0.3) is 0 Å². The van der Waals surface area contributed by atoms with E-state index in [-0.39, 0.29) is 69.6 Å². The number of hydrogen-bond acceptors (Lipinski definition) is 6. The Morgan fingerprint density at radius 2 is 1.48 bits per heavy atom. The van der Waals surface area contributed by atoms with E-state index in [4.69, 9.17) is 14.2 Å². The second-order valence-corrected chi connectivity index (χ2v) is 19.4. The van der Waals surface area contributed by atoms with E-state index in [0.29, 0.717) is 23.7 Å². The standard InChI is InChI=1S/C40H64N2O6/c1-24(2)31(48-35(45)42-20-11-21-42)26-22-25(3)30-32(46-26)33(43)38(7)28-13-12-27-36(4,5)29(47-34(44)41-18-9-8-10-19-41)14-15-39(27)23-40(28,39)17-16-37(30,38)6/h24-33,43H,8-23H2,1-7H3/t25-,26?,27+,28?,29?,30+,31-,32?,33+,37-,38-,39-,40+/m1/s1. The molecule has 8 rings (SSSR count). The number of nitrogens with zero attached hydrogens (tertiary/aromatic N) is 2. The molecule has 3 aliphatic heterocycles. The van der Waals surface area contributed by atoms with Gasteiger partial charge in [-0.15, -0.1) is 0 Å². The summed E-state index contributed by atoms with van der Waals surface area (Å²) in [6.07, 6.45) is 11.7. The van der Waals surface area contributed by atoms with E-state index in [9.17, 15) is 14.7 Å². The fraction of sp³-hybridized carbons (Fsp3) is 0.950. The molecular weight excluding hydrogens is 604 g/mol. The van der Waals surface area contributed by atoms with Crippen LogP contribution in [0.15, 0.2) is 0 Å². The van der Waals surface area contributed by atoms with Crippen LogP contribution in [0, 0.1) is 56.7 Å². The normalized spacial score (nSPS) is 49.4. The number of hydrogen-bond donors (Lipinski definition) is 1. The van der Waals surface area contributed by atoms with Crippen molar-refractivity contribution in [2.24, 2.45) is 56.7 Å². The van der Waals surface area contributed by atoms with Crippen molar-refractivity contribution in [2.75, 3.05) is 26.2 Å². The lowest BCUT2D eigenvalue weighted by Gasteiger charge is -2.63. The first-order valence-corrected chi connectivity index (χ1v) is 20.0. The highest BCUT2D eigenvalue weighted by Gasteiger charge is 2.84. The number of aliphatic hydroxyl groups excluding tert-OH is 1. The molecule has 0 bridgehead atoms. The summed E-state index contributed by atoms with van der Waals surface area (Å²) in [5, 5.41) is 12.6. The Balaban J connectivity index is 1.03. The van der Waals surface area contributed by atoms with Crippen molar-refractivity contribution in [3.8, 4) is 0 Å². The van der Waals surface area contributed by atoms with Crippen molar-refractivity contribution in [2.45, 2.75) is 156 Å². The third-order valence-electron chi connectivity index (χ3n) is 17.0. The van der Waals surface area contributed by atoms with E-state index in [1.165, 1.54) is 19.3 Å². The molecule has 0 aromatic heterocycles. The number of carbonyl (C=O) groups is 2. The molecule has 0 aromatic rings. The van der Waals surface area contributed by atoms with Gasteiger partial charge >= 0.3 is 12.2 Å². The summed E-state index contributed by atoms with van der Waals surface area (Å²) in [5.74, 6) is 1.80. The van der Waals surface area contributed by atoms with E-state index < -0.39 is 6.10 Å². The minimum atomic E-state index is -0.539. The molecule has 5 aliphatic carbocycles. The number of amides is 2. The molecule has 8 fully saturated rings. The first-order chi connectivity index (χ1) is 22.7. The van der Waals surface area contributed by atoms with Gasteiger partial charge in [0.05, 0.1) is 18.3 Å². The SMILES string of the molecule is CC(C)[C@@H](OC(=O)N1CCC1)C1C[C@@H](C)[C@H]2C(O1)[C@H](O)[C@@]1(C)C3CC[C@H]4C(C)(C)C(OC(=O)N5CCCCC5)CC[C@@]45C[C@@]35CC[C@]21C. The third-order valence-corrected chi connectivity index (χ3v) is 17.0. The molecule has 2 spiro atoms. The van der Waals surface area contributed by atoms with Crippen LogP contribution in [0.4, 0.5) is 9.59 Å². The van der Waals surface area contributed by atoms with Crippen molar-refractivity contribution in [1.82, 2.24) is 9.80 Å². The zero-order chi connectivity index (χ0) is 34.0. The molecule has 4 unspecified atom stereocenters. The second-order valence-electron chi connectivity index (χ2n) is 19.4. The van der Waals surface area contributed by atoms with Crippen molar-refractivity contribution >= 4 is 12.2 Å². The molecule has 3 heterocycles. The average molecular weight is 669 g/mol. The van der Waals surface area contributed by atoms with Crippen LogP contribution < -0.4 is 0 Å². The second kappa shape index (κ2) is 11.2. The van der Waals surface area contributed by atoms with Crippen molar-refractivity contribution in [3.05, 3.63) is 0 Å². The number of rotatable bonds is 4. The summed E-state index contributed by atoms with van der Waals surface area (Å²) in [6.45, 7) is 19.6. The van der Waals surface area contributed by atoms with E-state index in [2.05, 4.69) is 48.5 Å². The summed E-state index contributed by atoms with van der Waals surface area (Å²) in [7, 11) is 0. The maximum atomic E-state index is 13.3. The summed E-state index contributed by atoms with van der Waals surface area (Å²) >= 11 is 0. The number of likely N-dealkylation sites (tertiary alicyclic amines) is 2. The Hall–Kier alpha value is -1.54. The Bertz CT molecular complexity index is 1290. The summed E-state index contributed by atoms with van der Waals surface area (Å²) in [5.41, 5.74) is 0.238. The van der Waals surface area contributed by atoms with E-state index in [1.807, 2.05) is 4.90 Å². The van der Waals surface area contributed by atoms with Crippen LogP contribution in [0.3, 0.4) is 0 Å². The van der Waals surface area contributed by atoms with E-state index in [0.717, 1.165) is 84.0 Å². The number of fused-ring (bicyclic) bond motifs is 4. The Morgan fingerprint density at radius 1 is 0.833 bits per heavy atom. The lowest BCUT2D eigenvalue weighted by Crippen LogP contribution is -2.60. The largest absolute Gasteiger partial charge is 0.446 e. The first-order valence-electron chi connectivity index (χ1n) is 20.0. The lowest BCUT2D eigenvalue weighted by atomic mass is 9.41. The number of aliphatic hydroxyl groups is 1. The quantitative estimate of drug-likeness (QED) is 0.331. The molecule has 1 N–H and O–H groups in total. The van der Waals surface area contributed by atoms with Crippen LogP contribution in [0.1, 0.15) is 126 Å². The molecule has 13 atom stereocenters. The van der Waals surface area contributed by atoms with Gasteiger partial charge in [0, 0.05) is 37.0 Å². The van der Waals surface area contributed by atoms with E-state index >= 15 is 0 Å². The number of piperidine rings is 1. The Morgan fingerprint density at radius 3 is 2.15 bits per heavy atom. The molecule has 3 saturated heterocycles. The highest BCUT2D eigenvalue weighted by molar-refractivity contribution is 5.69. The van der Waals surface area contributed by atoms with Gasteiger partial charge in [-0.1, -0.05) is 48.5 Å². The molecule has 0 aromatic carbocycles. The maximum Gasteiger partial charge on any atom is 0.410 e. The molecule has 5 saturated carbocycles. The first kappa shape index (κ1) is 33.6. The van der Waals surface area contributed by atoms with Gasteiger partial charge in [0.15, 0.2) is 0 Å². The summed E-state index contributed by atoms with van der Waals surface area (Å²) in [6, 6.07) is 0. The zero-order valence-electron chi connectivity index (χ0n) is 31.0. The highest BCUT2D eigenvalue weighted by Crippen LogP contribution is 2.89. The number of carbonyl (C=O) groups excluding carboxylic acids is 2. The lowest BCUT2D eigenvalue weighted by molar-refractivity contribution is -0.185. The van der Waals surface area contributed by atoms with Gasteiger partial charge in [-0.2, -0.15) is 0 Å². The molecule has 8 nitrogen and oxygen atoms in total. The van der Waals surface area contributed by atoms with Gasteiger partial charge in [0.1, 0.15) is 12.2 Å². The van der Waals surface area contributed by atoms with Crippen LogP contribution >= 0.6 is 0 Å². The van der Waals surface area contributed by atoms with Crippen LogP contribution in [-0.2, 0) is 14.2 Å².